The minimum absolute atomic E-state index is 0.0925. The zero-order valence-corrected chi connectivity index (χ0v) is 20.0. The van der Waals surface area contributed by atoms with Crippen LogP contribution in [0.2, 0.25) is 0 Å². The fraction of sp³-hybridized carbons (Fsp3) is 0.345. The SMILES string of the molecule is CC(C)c1cc2c(c(-c3ccc(F)cc3)c1C(=O)c1ccc(C(F)(F)F)cc1)[C@@H](O)CC1(CCC1)O2. The van der Waals surface area contributed by atoms with Crippen molar-refractivity contribution in [1.82, 2.24) is 0 Å². The Balaban J connectivity index is 1.74. The second-order valence-corrected chi connectivity index (χ2v) is 10.1. The van der Waals surface area contributed by atoms with Gasteiger partial charge in [-0.25, -0.2) is 4.39 Å². The van der Waals surface area contributed by atoms with Gasteiger partial charge in [0.15, 0.2) is 5.78 Å². The van der Waals surface area contributed by atoms with Crippen molar-refractivity contribution in [2.75, 3.05) is 0 Å². The van der Waals surface area contributed by atoms with E-state index < -0.39 is 35.0 Å². The number of alkyl halides is 3. The number of benzene rings is 3. The van der Waals surface area contributed by atoms with Gasteiger partial charge in [-0.2, -0.15) is 13.2 Å². The van der Waals surface area contributed by atoms with Crippen LogP contribution in [0.5, 0.6) is 5.75 Å². The summed E-state index contributed by atoms with van der Waals surface area (Å²) in [6.45, 7) is 3.83. The predicted molar refractivity (Wildman–Crippen MR) is 128 cm³/mol. The number of ketones is 1. The monoisotopic (exact) mass is 498 g/mol. The largest absolute Gasteiger partial charge is 0.487 e. The summed E-state index contributed by atoms with van der Waals surface area (Å²) in [5.74, 6) is -0.553. The summed E-state index contributed by atoms with van der Waals surface area (Å²) in [5, 5.41) is 11.3. The van der Waals surface area contributed by atoms with E-state index in [9.17, 15) is 27.5 Å². The van der Waals surface area contributed by atoms with Crippen molar-refractivity contribution < 1.29 is 32.2 Å². The topological polar surface area (TPSA) is 46.5 Å². The van der Waals surface area contributed by atoms with E-state index in [-0.39, 0.29) is 17.0 Å². The Morgan fingerprint density at radius 3 is 2.22 bits per heavy atom. The summed E-state index contributed by atoms with van der Waals surface area (Å²) in [4.78, 5) is 13.9. The van der Waals surface area contributed by atoms with Crippen LogP contribution in [-0.4, -0.2) is 16.5 Å². The molecule has 1 saturated carbocycles. The molecule has 0 amide bonds. The highest BCUT2D eigenvalue weighted by Gasteiger charge is 2.47. The highest BCUT2D eigenvalue weighted by molar-refractivity contribution is 6.14. The summed E-state index contributed by atoms with van der Waals surface area (Å²) >= 11 is 0. The molecule has 3 nitrogen and oxygen atoms in total. The third-order valence-electron chi connectivity index (χ3n) is 7.31. The normalized spacial score (nSPS) is 18.5. The van der Waals surface area contributed by atoms with E-state index in [1.807, 2.05) is 13.8 Å². The number of hydrogen-bond acceptors (Lipinski definition) is 3. The molecule has 7 heteroatoms. The molecular weight excluding hydrogens is 472 g/mol. The van der Waals surface area contributed by atoms with Gasteiger partial charge >= 0.3 is 6.18 Å². The Labute approximate surface area is 206 Å². The number of aliphatic hydroxyl groups excluding tert-OH is 1. The molecule has 3 aromatic carbocycles. The van der Waals surface area contributed by atoms with Gasteiger partial charge in [0.2, 0.25) is 0 Å². The fourth-order valence-corrected chi connectivity index (χ4v) is 5.29. The lowest BCUT2D eigenvalue weighted by Crippen LogP contribution is -2.47. The van der Waals surface area contributed by atoms with Crippen molar-refractivity contribution in [3.63, 3.8) is 0 Å². The third kappa shape index (κ3) is 4.19. The standard InChI is InChI=1S/C29H26F4O3/c1-16(2)21-14-23-26(22(34)15-28(36-23)12-3-13-28)24(17-6-10-20(30)11-7-17)25(21)27(35)18-4-8-19(9-5-18)29(31,32)33/h4-11,14,16,22,34H,3,12-13,15H2,1-2H3/t22-/m0/s1. The van der Waals surface area contributed by atoms with Crippen LogP contribution in [0.15, 0.2) is 54.6 Å². The average molecular weight is 499 g/mol. The summed E-state index contributed by atoms with van der Waals surface area (Å²) in [6, 6.07) is 11.5. The average Bonchev–Trinajstić information content (AvgIpc) is 2.81. The summed E-state index contributed by atoms with van der Waals surface area (Å²) in [5.41, 5.74) is 1.17. The summed E-state index contributed by atoms with van der Waals surface area (Å²) in [7, 11) is 0. The Hall–Kier alpha value is -3.19. The molecule has 1 atom stereocenters. The third-order valence-corrected chi connectivity index (χ3v) is 7.31. The van der Waals surface area contributed by atoms with Gasteiger partial charge < -0.3 is 9.84 Å². The van der Waals surface area contributed by atoms with Gasteiger partial charge in [-0.1, -0.05) is 38.1 Å². The highest BCUT2D eigenvalue weighted by atomic mass is 19.4. The number of hydrogen-bond donors (Lipinski definition) is 1. The molecule has 1 aliphatic heterocycles. The van der Waals surface area contributed by atoms with E-state index in [0.717, 1.165) is 31.4 Å². The molecule has 2 aliphatic rings. The van der Waals surface area contributed by atoms with Gasteiger partial charge in [-0.15, -0.1) is 0 Å². The number of rotatable bonds is 4. The highest BCUT2D eigenvalue weighted by Crippen LogP contribution is 2.53. The van der Waals surface area contributed by atoms with Gasteiger partial charge in [-0.05, 0) is 66.6 Å². The Morgan fingerprint density at radius 1 is 1.06 bits per heavy atom. The maximum atomic E-state index is 13.9. The second kappa shape index (κ2) is 8.73. The number of halogens is 4. The number of aliphatic hydroxyl groups is 1. The maximum Gasteiger partial charge on any atom is 0.416 e. The van der Waals surface area contributed by atoms with E-state index in [1.54, 1.807) is 18.2 Å². The lowest BCUT2D eigenvalue weighted by molar-refractivity contribution is -0.137. The van der Waals surface area contributed by atoms with Crippen LogP contribution in [0.4, 0.5) is 17.6 Å². The van der Waals surface area contributed by atoms with E-state index in [0.29, 0.717) is 34.4 Å². The molecule has 188 valence electrons. The van der Waals surface area contributed by atoms with E-state index >= 15 is 0 Å². The van der Waals surface area contributed by atoms with Crippen LogP contribution in [0.3, 0.4) is 0 Å². The first-order valence-corrected chi connectivity index (χ1v) is 12.0. The molecule has 0 bridgehead atoms. The van der Waals surface area contributed by atoms with Gasteiger partial charge in [0, 0.05) is 28.7 Å². The predicted octanol–water partition coefficient (Wildman–Crippen LogP) is 7.60. The van der Waals surface area contributed by atoms with Crippen LogP contribution in [0.25, 0.3) is 11.1 Å². The van der Waals surface area contributed by atoms with E-state index in [4.69, 9.17) is 4.74 Å². The molecule has 5 rings (SSSR count). The van der Waals surface area contributed by atoms with Crippen LogP contribution >= 0.6 is 0 Å². The van der Waals surface area contributed by atoms with E-state index in [1.165, 1.54) is 24.3 Å². The van der Waals surface area contributed by atoms with Crippen LogP contribution in [0.1, 0.15) is 84.2 Å². The lowest BCUT2D eigenvalue weighted by Gasteiger charge is -2.47. The first-order chi connectivity index (χ1) is 17.0. The van der Waals surface area contributed by atoms with Crippen molar-refractivity contribution >= 4 is 5.78 Å². The second-order valence-electron chi connectivity index (χ2n) is 10.1. The number of carbonyl (C=O) groups is 1. The Morgan fingerprint density at radius 2 is 1.69 bits per heavy atom. The van der Waals surface area contributed by atoms with E-state index in [2.05, 4.69) is 0 Å². The zero-order chi connectivity index (χ0) is 25.8. The van der Waals surface area contributed by atoms with Crippen molar-refractivity contribution in [1.29, 1.82) is 0 Å². The molecule has 1 N–H and O–H groups in total. The van der Waals surface area contributed by atoms with Crippen molar-refractivity contribution in [3.05, 3.63) is 88.2 Å². The zero-order valence-electron chi connectivity index (χ0n) is 20.0. The number of ether oxygens (including phenoxy) is 1. The molecule has 0 aromatic heterocycles. The van der Waals surface area contributed by atoms with Crippen molar-refractivity contribution in [2.45, 2.75) is 63.3 Å². The van der Waals surface area contributed by atoms with Gasteiger partial charge in [0.25, 0.3) is 0 Å². The molecule has 1 fully saturated rings. The number of fused-ring (bicyclic) bond motifs is 1. The van der Waals surface area contributed by atoms with Crippen LogP contribution < -0.4 is 4.74 Å². The first-order valence-electron chi connectivity index (χ1n) is 12.0. The summed E-state index contributed by atoms with van der Waals surface area (Å²) < 4.78 is 59.5. The first kappa shape index (κ1) is 24.5. The number of carbonyl (C=O) groups excluding carboxylic acids is 1. The molecule has 36 heavy (non-hydrogen) atoms. The molecule has 0 saturated heterocycles. The molecule has 3 aromatic rings. The Bertz CT molecular complexity index is 1300. The minimum Gasteiger partial charge on any atom is -0.487 e. The van der Waals surface area contributed by atoms with Crippen molar-refractivity contribution in [2.24, 2.45) is 0 Å². The van der Waals surface area contributed by atoms with Crippen LogP contribution in [0, 0.1) is 5.82 Å². The minimum atomic E-state index is -4.52. The van der Waals surface area contributed by atoms with Crippen molar-refractivity contribution in [3.8, 4) is 16.9 Å². The maximum absolute atomic E-state index is 13.9. The summed E-state index contributed by atoms with van der Waals surface area (Å²) in [6.07, 6.45) is -2.38. The fourth-order valence-electron chi connectivity index (χ4n) is 5.29. The molecule has 0 radical (unpaired) electrons. The molecule has 1 spiro atoms. The lowest BCUT2D eigenvalue weighted by atomic mass is 9.71. The molecule has 1 heterocycles. The molecular formula is C29H26F4O3. The van der Waals surface area contributed by atoms with Gasteiger partial charge in [-0.3, -0.25) is 4.79 Å². The Kier molecular flexibility index (Phi) is 5.94. The van der Waals surface area contributed by atoms with Gasteiger partial charge in [0.1, 0.15) is 17.2 Å². The van der Waals surface area contributed by atoms with Gasteiger partial charge in [0.05, 0.1) is 11.7 Å². The quantitative estimate of drug-likeness (QED) is 0.298. The molecule has 0 unspecified atom stereocenters. The molecule has 1 aliphatic carbocycles. The smallest absolute Gasteiger partial charge is 0.416 e. The van der Waals surface area contributed by atoms with Crippen LogP contribution in [-0.2, 0) is 6.18 Å².